The van der Waals surface area contributed by atoms with Gasteiger partial charge in [0.15, 0.2) is 0 Å². The van der Waals surface area contributed by atoms with Crippen LogP contribution < -0.4 is 4.90 Å². The number of carbonyl (C=O) groups is 1. The van der Waals surface area contributed by atoms with E-state index >= 15 is 0 Å². The van der Waals surface area contributed by atoms with E-state index in [0.29, 0.717) is 5.78 Å². The van der Waals surface area contributed by atoms with Crippen molar-refractivity contribution in [3.05, 3.63) is 16.8 Å². The first-order chi connectivity index (χ1) is 11.1. The van der Waals surface area contributed by atoms with Crippen LogP contribution >= 0.6 is 11.3 Å². The summed E-state index contributed by atoms with van der Waals surface area (Å²) in [7, 11) is 0. The van der Waals surface area contributed by atoms with Crippen molar-refractivity contribution in [1.82, 2.24) is 9.97 Å². The second-order valence-corrected chi connectivity index (χ2v) is 8.18. The number of hydrogen-bond donors (Lipinski definition) is 0. The minimum Gasteiger partial charge on any atom is -0.356 e. The van der Waals surface area contributed by atoms with Crippen LogP contribution in [0.1, 0.15) is 43.6 Å². The smallest absolute Gasteiger partial charge is 0.141 e. The lowest BCUT2D eigenvalue weighted by molar-refractivity contribution is -0.121. The summed E-state index contributed by atoms with van der Waals surface area (Å²) in [5, 5.41) is 1.29. The first kappa shape index (κ1) is 15.1. The van der Waals surface area contributed by atoms with Gasteiger partial charge in [-0.2, -0.15) is 0 Å². The highest BCUT2D eigenvalue weighted by atomic mass is 32.1. The van der Waals surface area contributed by atoms with E-state index in [0.717, 1.165) is 48.9 Å². The SMILES string of the molecule is CC(=O)C1CCN(c2ncnc3sc4c(c23)CC(C)CC4)CC1. The van der Waals surface area contributed by atoms with Crippen molar-refractivity contribution >= 4 is 33.2 Å². The van der Waals surface area contributed by atoms with Crippen LogP contribution in [0.15, 0.2) is 6.33 Å². The molecule has 23 heavy (non-hydrogen) atoms. The number of piperidine rings is 1. The number of Topliss-reactive ketones (excluding diaryl/α,β-unsaturated/α-hetero) is 1. The summed E-state index contributed by atoms with van der Waals surface area (Å²) in [6.45, 7) is 5.92. The molecule has 1 fully saturated rings. The number of hydrogen-bond acceptors (Lipinski definition) is 5. The second kappa shape index (κ2) is 5.86. The van der Waals surface area contributed by atoms with Gasteiger partial charge in [0.05, 0.1) is 5.39 Å². The molecule has 5 heteroatoms. The third kappa shape index (κ3) is 2.65. The van der Waals surface area contributed by atoms with Crippen LogP contribution in [0, 0.1) is 11.8 Å². The standard InChI is InChI=1S/C18H23N3OS/c1-11-3-4-15-14(9-11)16-17(19-10-20-18(16)23-15)21-7-5-13(6-8-21)12(2)22/h10-11,13H,3-9H2,1-2H3. The molecular formula is C18H23N3OS. The molecule has 1 aliphatic carbocycles. The van der Waals surface area contributed by atoms with Gasteiger partial charge in [-0.25, -0.2) is 9.97 Å². The zero-order chi connectivity index (χ0) is 16.0. The summed E-state index contributed by atoms with van der Waals surface area (Å²) in [5.74, 6) is 2.42. The van der Waals surface area contributed by atoms with Gasteiger partial charge in [-0.3, -0.25) is 4.79 Å². The van der Waals surface area contributed by atoms with Gasteiger partial charge in [0.25, 0.3) is 0 Å². The van der Waals surface area contributed by atoms with E-state index in [1.807, 2.05) is 11.3 Å². The topological polar surface area (TPSA) is 46.1 Å². The molecule has 2 aromatic heterocycles. The van der Waals surface area contributed by atoms with Gasteiger partial charge in [0.1, 0.15) is 22.8 Å². The summed E-state index contributed by atoms with van der Waals surface area (Å²) >= 11 is 1.85. The zero-order valence-electron chi connectivity index (χ0n) is 13.8. The fourth-order valence-corrected chi connectivity index (χ4v) is 5.18. The van der Waals surface area contributed by atoms with Crippen LogP contribution in [0.4, 0.5) is 5.82 Å². The number of fused-ring (bicyclic) bond motifs is 3. The third-order valence-corrected chi connectivity index (χ3v) is 6.64. The Morgan fingerprint density at radius 2 is 2.04 bits per heavy atom. The zero-order valence-corrected chi connectivity index (χ0v) is 14.7. The van der Waals surface area contributed by atoms with E-state index in [2.05, 4.69) is 21.8 Å². The van der Waals surface area contributed by atoms with Crippen LogP contribution in [0.5, 0.6) is 0 Å². The molecule has 0 spiro atoms. The molecule has 0 saturated carbocycles. The van der Waals surface area contributed by atoms with E-state index < -0.39 is 0 Å². The van der Waals surface area contributed by atoms with Crippen LogP contribution in [-0.4, -0.2) is 28.8 Å². The Kier molecular flexibility index (Phi) is 3.84. The van der Waals surface area contributed by atoms with Gasteiger partial charge < -0.3 is 4.90 Å². The van der Waals surface area contributed by atoms with Crippen molar-refractivity contribution in [3.63, 3.8) is 0 Å². The van der Waals surface area contributed by atoms with Gasteiger partial charge in [0, 0.05) is 23.9 Å². The summed E-state index contributed by atoms with van der Waals surface area (Å²) < 4.78 is 0. The maximum absolute atomic E-state index is 11.6. The van der Waals surface area contributed by atoms with Crippen LogP contribution in [0.25, 0.3) is 10.2 Å². The molecular weight excluding hydrogens is 306 g/mol. The van der Waals surface area contributed by atoms with Gasteiger partial charge in [-0.15, -0.1) is 11.3 Å². The molecule has 0 bridgehead atoms. The lowest BCUT2D eigenvalue weighted by Crippen LogP contribution is -2.36. The molecule has 4 rings (SSSR count). The van der Waals surface area contributed by atoms with E-state index in [-0.39, 0.29) is 5.92 Å². The number of rotatable bonds is 2. The number of anilines is 1. The summed E-state index contributed by atoms with van der Waals surface area (Å²) in [6, 6.07) is 0. The van der Waals surface area contributed by atoms with E-state index in [1.54, 1.807) is 13.3 Å². The van der Waals surface area contributed by atoms with Gasteiger partial charge in [-0.05, 0) is 50.5 Å². The van der Waals surface area contributed by atoms with E-state index in [9.17, 15) is 4.79 Å². The Labute approximate surface area is 140 Å². The van der Waals surface area contributed by atoms with E-state index in [4.69, 9.17) is 0 Å². The molecule has 1 atom stereocenters. The molecule has 122 valence electrons. The molecule has 4 nitrogen and oxygen atoms in total. The fraction of sp³-hybridized carbons (Fsp3) is 0.611. The fourth-order valence-electron chi connectivity index (χ4n) is 4.00. The Morgan fingerprint density at radius 1 is 1.26 bits per heavy atom. The van der Waals surface area contributed by atoms with Crippen LogP contribution in [-0.2, 0) is 17.6 Å². The molecule has 1 aliphatic heterocycles. The summed E-state index contributed by atoms with van der Waals surface area (Å²) in [5.41, 5.74) is 1.49. The van der Waals surface area contributed by atoms with Crippen LogP contribution in [0.2, 0.25) is 0 Å². The molecule has 0 amide bonds. The van der Waals surface area contributed by atoms with Crippen molar-refractivity contribution < 1.29 is 4.79 Å². The highest BCUT2D eigenvalue weighted by Gasteiger charge is 2.28. The highest BCUT2D eigenvalue weighted by molar-refractivity contribution is 7.19. The first-order valence-corrected chi connectivity index (χ1v) is 9.45. The quantitative estimate of drug-likeness (QED) is 0.844. The van der Waals surface area contributed by atoms with Crippen molar-refractivity contribution in [3.8, 4) is 0 Å². The molecule has 1 saturated heterocycles. The molecule has 1 unspecified atom stereocenters. The average Bonchev–Trinajstić information content (AvgIpc) is 2.93. The number of aromatic nitrogens is 2. The number of thiophene rings is 1. The Morgan fingerprint density at radius 3 is 2.78 bits per heavy atom. The van der Waals surface area contributed by atoms with Gasteiger partial charge in [0.2, 0.25) is 0 Å². The molecule has 2 aliphatic rings. The molecule has 0 radical (unpaired) electrons. The Balaban J connectivity index is 1.71. The predicted octanol–water partition coefficient (Wildman–Crippen LogP) is 3.62. The van der Waals surface area contributed by atoms with Gasteiger partial charge in [-0.1, -0.05) is 6.92 Å². The number of carbonyl (C=O) groups excluding carboxylic acids is 1. The Hall–Kier alpha value is -1.49. The van der Waals surface area contributed by atoms with Crippen molar-refractivity contribution in [2.24, 2.45) is 11.8 Å². The lowest BCUT2D eigenvalue weighted by atomic mass is 9.88. The van der Waals surface area contributed by atoms with Crippen molar-refractivity contribution in [2.45, 2.75) is 46.0 Å². The minimum atomic E-state index is 0.236. The van der Waals surface area contributed by atoms with Crippen LogP contribution in [0.3, 0.4) is 0 Å². The van der Waals surface area contributed by atoms with Crippen molar-refractivity contribution in [1.29, 1.82) is 0 Å². The Bertz CT molecular complexity index is 746. The number of nitrogens with zero attached hydrogens (tertiary/aromatic N) is 3. The second-order valence-electron chi connectivity index (χ2n) is 7.10. The molecule has 0 N–H and O–H groups in total. The first-order valence-electron chi connectivity index (χ1n) is 8.64. The highest BCUT2D eigenvalue weighted by Crippen LogP contribution is 2.41. The molecule has 3 heterocycles. The normalized spacial score (nSPS) is 22.3. The molecule has 2 aromatic rings. The molecule has 0 aromatic carbocycles. The summed E-state index contributed by atoms with van der Waals surface area (Å²) in [4.78, 5) is 25.8. The van der Waals surface area contributed by atoms with E-state index in [1.165, 1.54) is 28.7 Å². The number of ketones is 1. The lowest BCUT2D eigenvalue weighted by Gasteiger charge is -2.32. The third-order valence-electron chi connectivity index (χ3n) is 5.44. The minimum absolute atomic E-state index is 0.236. The number of aryl methyl sites for hydroxylation is 1. The largest absolute Gasteiger partial charge is 0.356 e. The monoisotopic (exact) mass is 329 g/mol. The predicted molar refractivity (Wildman–Crippen MR) is 94.2 cm³/mol. The maximum atomic E-state index is 11.6. The average molecular weight is 329 g/mol. The van der Waals surface area contributed by atoms with Gasteiger partial charge >= 0.3 is 0 Å². The van der Waals surface area contributed by atoms with Crippen molar-refractivity contribution in [2.75, 3.05) is 18.0 Å². The summed E-state index contributed by atoms with van der Waals surface area (Å²) in [6.07, 6.45) is 7.23. The maximum Gasteiger partial charge on any atom is 0.141 e.